The molecule has 0 aliphatic carbocycles. The van der Waals surface area contributed by atoms with E-state index < -0.39 is 27.8 Å². The highest BCUT2D eigenvalue weighted by Gasteiger charge is 2.28. The fraction of sp³-hybridized carbons (Fsp3) is 0.316. The van der Waals surface area contributed by atoms with E-state index in [4.69, 9.17) is 11.6 Å². The summed E-state index contributed by atoms with van der Waals surface area (Å²) in [6.45, 7) is 1.88. The Morgan fingerprint density at radius 2 is 1.86 bits per heavy atom. The predicted octanol–water partition coefficient (Wildman–Crippen LogP) is 3.68. The number of carbonyl (C=O) groups excluding carboxylic acids is 1. The van der Waals surface area contributed by atoms with Gasteiger partial charge in [-0.15, -0.1) is 0 Å². The molecule has 0 radical (unpaired) electrons. The Bertz CT molecular complexity index is 908. The Labute approximate surface area is 174 Å². The number of nitrogens with zero attached hydrogens (tertiary/aromatic N) is 1. The van der Waals surface area contributed by atoms with Gasteiger partial charge in [0.2, 0.25) is 15.9 Å². The van der Waals surface area contributed by atoms with E-state index in [-0.39, 0.29) is 5.69 Å². The van der Waals surface area contributed by atoms with E-state index in [0.29, 0.717) is 17.3 Å². The van der Waals surface area contributed by atoms with E-state index in [2.05, 4.69) is 5.32 Å². The minimum atomic E-state index is -3.72. The number of thioether (sulfide) groups is 1. The highest BCUT2D eigenvalue weighted by Crippen LogP contribution is 2.22. The van der Waals surface area contributed by atoms with Crippen LogP contribution in [0.25, 0.3) is 0 Å². The van der Waals surface area contributed by atoms with Gasteiger partial charge in [-0.1, -0.05) is 29.8 Å². The molecule has 0 bridgehead atoms. The molecule has 152 valence electrons. The van der Waals surface area contributed by atoms with Crippen LogP contribution in [0.1, 0.15) is 12.5 Å². The van der Waals surface area contributed by atoms with Gasteiger partial charge in [0, 0.05) is 23.1 Å². The number of rotatable bonds is 9. The number of amides is 1. The SMILES string of the molecule is C[C@H](C(=O)NCCSCc1ccccc1Cl)N(c1ccc(F)cc1)S(C)(=O)=O. The average Bonchev–Trinajstić information content (AvgIpc) is 2.63. The molecule has 0 aliphatic rings. The van der Waals surface area contributed by atoms with E-state index >= 15 is 0 Å². The molecule has 9 heteroatoms. The maximum Gasteiger partial charge on any atom is 0.243 e. The summed E-state index contributed by atoms with van der Waals surface area (Å²) >= 11 is 7.72. The quantitative estimate of drug-likeness (QED) is 0.599. The lowest BCUT2D eigenvalue weighted by Gasteiger charge is -2.28. The van der Waals surface area contributed by atoms with Gasteiger partial charge in [-0.3, -0.25) is 9.10 Å². The molecule has 0 unspecified atom stereocenters. The summed E-state index contributed by atoms with van der Waals surface area (Å²) in [6, 6.07) is 11.6. The molecule has 0 heterocycles. The Morgan fingerprint density at radius 1 is 1.21 bits per heavy atom. The van der Waals surface area contributed by atoms with Crippen LogP contribution in [-0.4, -0.2) is 38.9 Å². The van der Waals surface area contributed by atoms with Crippen molar-refractivity contribution >= 4 is 45.0 Å². The molecule has 5 nitrogen and oxygen atoms in total. The van der Waals surface area contributed by atoms with Crippen molar-refractivity contribution in [1.82, 2.24) is 5.32 Å². The van der Waals surface area contributed by atoms with Crippen LogP contribution in [0.4, 0.5) is 10.1 Å². The van der Waals surface area contributed by atoms with Gasteiger partial charge in [0.05, 0.1) is 11.9 Å². The molecule has 0 saturated heterocycles. The molecule has 1 atom stereocenters. The van der Waals surface area contributed by atoms with Gasteiger partial charge in [0.1, 0.15) is 11.9 Å². The fourth-order valence-corrected chi connectivity index (χ4v) is 4.91. The second kappa shape index (κ2) is 10.1. The minimum absolute atomic E-state index is 0.236. The minimum Gasteiger partial charge on any atom is -0.353 e. The molecule has 1 N–H and O–H groups in total. The van der Waals surface area contributed by atoms with Crippen LogP contribution >= 0.6 is 23.4 Å². The molecule has 2 aromatic carbocycles. The van der Waals surface area contributed by atoms with Crippen molar-refractivity contribution in [3.8, 4) is 0 Å². The van der Waals surface area contributed by atoms with Gasteiger partial charge < -0.3 is 5.32 Å². The summed E-state index contributed by atoms with van der Waals surface area (Å²) in [5.74, 6) is 0.466. The van der Waals surface area contributed by atoms with E-state index in [9.17, 15) is 17.6 Å². The second-order valence-electron chi connectivity index (χ2n) is 6.15. The van der Waals surface area contributed by atoms with Crippen molar-refractivity contribution in [2.24, 2.45) is 0 Å². The first-order chi connectivity index (χ1) is 13.2. The highest BCUT2D eigenvalue weighted by molar-refractivity contribution is 7.98. The van der Waals surface area contributed by atoms with Gasteiger partial charge in [0.15, 0.2) is 0 Å². The third-order valence-corrected chi connectivity index (χ3v) is 6.55. The number of sulfonamides is 1. The molecule has 1 amide bonds. The zero-order valence-electron chi connectivity index (χ0n) is 15.6. The van der Waals surface area contributed by atoms with Gasteiger partial charge in [-0.2, -0.15) is 11.8 Å². The zero-order chi connectivity index (χ0) is 20.7. The van der Waals surface area contributed by atoms with E-state index in [1.807, 2.05) is 24.3 Å². The molecule has 2 aromatic rings. The standard InChI is InChI=1S/C19H22ClFN2O3S2/c1-14(23(28(2,25)26)17-9-7-16(21)8-10-17)19(24)22-11-12-27-13-15-5-3-4-6-18(15)20/h3-10,14H,11-13H2,1-2H3,(H,22,24)/t14-/m1/s1. The summed E-state index contributed by atoms with van der Waals surface area (Å²) in [6.07, 6.45) is 1.01. The fourth-order valence-electron chi connectivity index (χ4n) is 2.59. The molecule has 0 saturated carbocycles. The third-order valence-electron chi connectivity index (χ3n) is 3.93. The molecule has 0 aliphatic heterocycles. The Hall–Kier alpha value is -1.77. The first-order valence-electron chi connectivity index (χ1n) is 8.54. The molecular formula is C19H22ClFN2O3S2. The van der Waals surface area contributed by atoms with Crippen molar-refractivity contribution in [2.75, 3.05) is 22.9 Å². The predicted molar refractivity (Wildman–Crippen MR) is 114 cm³/mol. The second-order valence-corrected chi connectivity index (χ2v) is 9.52. The van der Waals surface area contributed by atoms with Crippen LogP contribution in [-0.2, 0) is 20.6 Å². The van der Waals surface area contributed by atoms with Crippen molar-refractivity contribution in [1.29, 1.82) is 0 Å². The average molecular weight is 445 g/mol. The lowest BCUT2D eigenvalue weighted by atomic mass is 10.2. The normalized spacial score (nSPS) is 12.4. The smallest absolute Gasteiger partial charge is 0.243 e. The van der Waals surface area contributed by atoms with Crippen LogP contribution in [0.15, 0.2) is 48.5 Å². The van der Waals surface area contributed by atoms with Crippen LogP contribution in [0, 0.1) is 5.82 Å². The van der Waals surface area contributed by atoms with Gasteiger partial charge in [-0.05, 0) is 42.8 Å². The Kier molecular flexibility index (Phi) is 8.15. The number of halogens is 2. The van der Waals surface area contributed by atoms with Crippen molar-refractivity contribution in [3.05, 3.63) is 64.9 Å². The number of benzene rings is 2. The van der Waals surface area contributed by atoms with Crippen LogP contribution in [0.2, 0.25) is 5.02 Å². The van der Waals surface area contributed by atoms with E-state index in [0.717, 1.165) is 34.0 Å². The lowest BCUT2D eigenvalue weighted by molar-refractivity contribution is -0.121. The summed E-state index contributed by atoms with van der Waals surface area (Å²) in [5, 5.41) is 3.45. The monoisotopic (exact) mass is 444 g/mol. The van der Waals surface area contributed by atoms with Crippen LogP contribution in [0.5, 0.6) is 0 Å². The molecular weight excluding hydrogens is 423 g/mol. The van der Waals surface area contributed by atoms with Crippen molar-refractivity contribution in [2.45, 2.75) is 18.7 Å². The summed E-state index contributed by atoms with van der Waals surface area (Å²) in [5.41, 5.74) is 1.26. The largest absolute Gasteiger partial charge is 0.353 e. The summed E-state index contributed by atoms with van der Waals surface area (Å²) in [7, 11) is -3.72. The van der Waals surface area contributed by atoms with Crippen molar-refractivity contribution < 1.29 is 17.6 Å². The van der Waals surface area contributed by atoms with Crippen LogP contribution in [0.3, 0.4) is 0 Å². The number of anilines is 1. The summed E-state index contributed by atoms with van der Waals surface area (Å²) in [4.78, 5) is 12.4. The number of nitrogens with one attached hydrogen (secondary N) is 1. The maximum absolute atomic E-state index is 13.1. The molecule has 0 fully saturated rings. The number of hydrogen-bond donors (Lipinski definition) is 1. The first kappa shape index (κ1) is 22.5. The molecule has 0 spiro atoms. The van der Waals surface area contributed by atoms with E-state index in [1.165, 1.54) is 19.1 Å². The summed E-state index contributed by atoms with van der Waals surface area (Å²) < 4.78 is 38.4. The van der Waals surface area contributed by atoms with Gasteiger partial charge >= 0.3 is 0 Å². The molecule has 2 rings (SSSR count). The lowest BCUT2D eigenvalue weighted by Crippen LogP contribution is -2.48. The Balaban J connectivity index is 1.90. The van der Waals surface area contributed by atoms with Crippen molar-refractivity contribution in [3.63, 3.8) is 0 Å². The first-order valence-corrected chi connectivity index (χ1v) is 11.9. The molecule has 28 heavy (non-hydrogen) atoms. The Morgan fingerprint density at radius 3 is 2.46 bits per heavy atom. The molecule has 0 aromatic heterocycles. The number of carbonyl (C=O) groups is 1. The highest BCUT2D eigenvalue weighted by atomic mass is 35.5. The van der Waals surface area contributed by atoms with Gasteiger partial charge in [-0.25, -0.2) is 12.8 Å². The maximum atomic E-state index is 13.1. The topological polar surface area (TPSA) is 66.5 Å². The van der Waals surface area contributed by atoms with Gasteiger partial charge in [0.25, 0.3) is 0 Å². The van der Waals surface area contributed by atoms with Crippen LogP contribution < -0.4 is 9.62 Å². The van der Waals surface area contributed by atoms with E-state index in [1.54, 1.807) is 11.8 Å². The zero-order valence-corrected chi connectivity index (χ0v) is 18.0. The third kappa shape index (κ3) is 6.39. The number of hydrogen-bond acceptors (Lipinski definition) is 4.